The Hall–Kier alpha value is -2.41. The van der Waals surface area contributed by atoms with Crippen molar-refractivity contribution in [2.24, 2.45) is 0 Å². The van der Waals surface area contributed by atoms with Crippen LogP contribution in [0.5, 0.6) is 0 Å². The molecule has 0 fully saturated rings. The third-order valence-electron chi connectivity index (χ3n) is 4.03. The Morgan fingerprint density at radius 1 is 1.12 bits per heavy atom. The van der Waals surface area contributed by atoms with E-state index in [0.29, 0.717) is 5.69 Å². The van der Waals surface area contributed by atoms with E-state index in [1.165, 1.54) is 12.1 Å². The molecule has 7 heteroatoms. The number of halogens is 1. The van der Waals surface area contributed by atoms with Crippen molar-refractivity contribution in [3.8, 4) is 0 Å². The normalized spacial score (nSPS) is 12.5. The maximum atomic E-state index is 13.2. The summed E-state index contributed by atoms with van der Waals surface area (Å²) in [7, 11) is -4.02. The van der Waals surface area contributed by atoms with Gasteiger partial charge in [0.1, 0.15) is 12.4 Å². The molecule has 0 radical (unpaired) electrons. The molecule has 1 amide bonds. The van der Waals surface area contributed by atoms with Crippen molar-refractivity contribution in [1.82, 2.24) is 5.32 Å². The van der Waals surface area contributed by atoms with Gasteiger partial charge in [0.2, 0.25) is 5.91 Å². The van der Waals surface area contributed by atoms with Crippen LogP contribution in [0.25, 0.3) is 0 Å². The number of aryl methyl sites for hydroxylation is 1. The van der Waals surface area contributed by atoms with Gasteiger partial charge in [-0.1, -0.05) is 24.6 Å². The van der Waals surface area contributed by atoms with Crippen molar-refractivity contribution < 1.29 is 17.6 Å². The minimum Gasteiger partial charge on any atom is -0.352 e. The highest BCUT2D eigenvalue weighted by molar-refractivity contribution is 7.92. The van der Waals surface area contributed by atoms with Crippen molar-refractivity contribution in [3.05, 3.63) is 59.9 Å². The first kappa shape index (κ1) is 19.9. The summed E-state index contributed by atoms with van der Waals surface area (Å²) in [5.41, 5.74) is 1.34. The van der Waals surface area contributed by atoms with Gasteiger partial charge in [-0.3, -0.25) is 9.10 Å². The molecule has 5 nitrogen and oxygen atoms in total. The third-order valence-corrected chi connectivity index (χ3v) is 5.82. The summed E-state index contributed by atoms with van der Waals surface area (Å²) in [4.78, 5) is 12.2. The van der Waals surface area contributed by atoms with E-state index in [1.54, 1.807) is 24.3 Å². The Bertz CT molecular complexity index is 849. The Balaban J connectivity index is 2.40. The van der Waals surface area contributed by atoms with Crippen molar-refractivity contribution in [2.45, 2.75) is 38.1 Å². The van der Waals surface area contributed by atoms with Crippen LogP contribution in [0.3, 0.4) is 0 Å². The molecule has 0 saturated carbocycles. The Morgan fingerprint density at radius 3 is 2.23 bits per heavy atom. The summed E-state index contributed by atoms with van der Waals surface area (Å²) < 4.78 is 40.3. The van der Waals surface area contributed by atoms with Crippen molar-refractivity contribution in [3.63, 3.8) is 0 Å². The van der Waals surface area contributed by atoms with Gasteiger partial charge in [-0.05, 0) is 56.7 Å². The SMILES string of the molecule is CC[C@@H](C)NC(=O)CN(c1ccc(C)cc1)S(=O)(=O)c1ccc(F)cc1. The molecule has 1 atom stereocenters. The molecule has 2 rings (SSSR count). The molecule has 140 valence electrons. The zero-order valence-electron chi connectivity index (χ0n) is 15.1. The number of hydrogen-bond donors (Lipinski definition) is 1. The van der Waals surface area contributed by atoms with E-state index in [-0.39, 0.29) is 17.5 Å². The van der Waals surface area contributed by atoms with E-state index >= 15 is 0 Å². The fraction of sp³-hybridized carbons (Fsp3) is 0.316. The molecule has 26 heavy (non-hydrogen) atoms. The number of carbonyl (C=O) groups excluding carboxylic acids is 1. The number of benzene rings is 2. The van der Waals surface area contributed by atoms with Gasteiger partial charge in [-0.25, -0.2) is 12.8 Å². The highest BCUT2D eigenvalue weighted by Crippen LogP contribution is 2.24. The van der Waals surface area contributed by atoms with E-state index in [1.807, 2.05) is 20.8 Å². The maximum Gasteiger partial charge on any atom is 0.264 e. The quantitative estimate of drug-likeness (QED) is 0.804. The lowest BCUT2D eigenvalue weighted by molar-refractivity contribution is -0.120. The van der Waals surface area contributed by atoms with Crippen LogP contribution in [0.4, 0.5) is 10.1 Å². The second-order valence-corrected chi connectivity index (χ2v) is 8.04. The number of amides is 1. The first-order chi connectivity index (χ1) is 12.2. The average Bonchev–Trinajstić information content (AvgIpc) is 2.60. The molecule has 2 aromatic rings. The van der Waals surface area contributed by atoms with Gasteiger partial charge in [0.05, 0.1) is 10.6 Å². The molecule has 0 aromatic heterocycles. The van der Waals surface area contributed by atoms with Crippen LogP contribution >= 0.6 is 0 Å². The average molecular weight is 378 g/mol. The zero-order valence-corrected chi connectivity index (χ0v) is 15.9. The second-order valence-electron chi connectivity index (χ2n) is 6.18. The van der Waals surface area contributed by atoms with Gasteiger partial charge in [-0.15, -0.1) is 0 Å². The van der Waals surface area contributed by atoms with E-state index in [4.69, 9.17) is 0 Å². The van der Waals surface area contributed by atoms with E-state index in [2.05, 4.69) is 5.32 Å². The minimum absolute atomic E-state index is 0.0594. The van der Waals surface area contributed by atoms with Gasteiger partial charge < -0.3 is 5.32 Å². The molecule has 0 bridgehead atoms. The van der Waals surface area contributed by atoms with E-state index < -0.39 is 21.7 Å². The number of anilines is 1. The topological polar surface area (TPSA) is 66.5 Å². The first-order valence-electron chi connectivity index (χ1n) is 8.38. The minimum atomic E-state index is -4.02. The van der Waals surface area contributed by atoms with Gasteiger partial charge in [0.25, 0.3) is 10.0 Å². The fourth-order valence-corrected chi connectivity index (χ4v) is 3.73. The van der Waals surface area contributed by atoms with Gasteiger partial charge in [0, 0.05) is 6.04 Å². The summed E-state index contributed by atoms with van der Waals surface area (Å²) >= 11 is 0. The molecule has 0 saturated heterocycles. The molecule has 2 aromatic carbocycles. The van der Waals surface area contributed by atoms with Crippen molar-refractivity contribution in [1.29, 1.82) is 0 Å². The summed E-state index contributed by atoms with van der Waals surface area (Å²) in [6, 6.07) is 11.3. The third kappa shape index (κ3) is 4.82. The molecule has 0 aliphatic heterocycles. The van der Waals surface area contributed by atoms with Gasteiger partial charge >= 0.3 is 0 Å². The van der Waals surface area contributed by atoms with Crippen molar-refractivity contribution in [2.75, 3.05) is 10.8 Å². The smallest absolute Gasteiger partial charge is 0.264 e. The summed E-state index contributed by atoms with van der Waals surface area (Å²) in [6.07, 6.45) is 0.737. The standard InChI is InChI=1S/C19H23FN2O3S/c1-4-15(3)21-19(23)13-22(17-9-5-14(2)6-10-17)26(24,25)18-11-7-16(20)8-12-18/h5-12,15H,4,13H2,1-3H3,(H,21,23)/t15-/m1/s1. The van der Waals surface area contributed by atoms with Crippen LogP contribution < -0.4 is 9.62 Å². The molecule has 0 heterocycles. The summed E-state index contributed by atoms with van der Waals surface area (Å²) in [5, 5.41) is 2.77. The Kier molecular flexibility index (Phi) is 6.37. The first-order valence-corrected chi connectivity index (χ1v) is 9.82. The molecule has 0 spiro atoms. The Morgan fingerprint density at radius 2 is 1.69 bits per heavy atom. The highest BCUT2D eigenvalue weighted by Gasteiger charge is 2.27. The monoisotopic (exact) mass is 378 g/mol. The molecule has 0 aliphatic carbocycles. The predicted octanol–water partition coefficient (Wildman–Crippen LogP) is 3.24. The van der Waals surface area contributed by atoms with Gasteiger partial charge in [0.15, 0.2) is 0 Å². The number of rotatable bonds is 7. The molecular weight excluding hydrogens is 355 g/mol. The molecular formula is C19H23FN2O3S. The zero-order chi connectivity index (χ0) is 19.3. The number of sulfonamides is 1. The van der Waals surface area contributed by atoms with Crippen molar-refractivity contribution >= 4 is 21.6 Å². The second kappa shape index (κ2) is 8.31. The Labute approximate surface area is 153 Å². The van der Waals surface area contributed by atoms with Crippen LogP contribution in [0.1, 0.15) is 25.8 Å². The predicted molar refractivity (Wildman–Crippen MR) is 100 cm³/mol. The van der Waals surface area contributed by atoms with Crippen LogP contribution in [-0.2, 0) is 14.8 Å². The number of hydrogen-bond acceptors (Lipinski definition) is 3. The lowest BCUT2D eigenvalue weighted by Gasteiger charge is -2.25. The van der Waals surface area contributed by atoms with Gasteiger partial charge in [-0.2, -0.15) is 0 Å². The summed E-state index contributed by atoms with van der Waals surface area (Å²) in [5.74, 6) is -0.925. The van der Waals surface area contributed by atoms with Crippen LogP contribution in [0, 0.1) is 12.7 Å². The highest BCUT2D eigenvalue weighted by atomic mass is 32.2. The summed E-state index contributed by atoms with van der Waals surface area (Å²) in [6.45, 7) is 5.31. The molecule has 0 unspecified atom stereocenters. The number of nitrogens with one attached hydrogen (secondary N) is 1. The molecule has 0 aliphatic rings. The number of carbonyl (C=O) groups is 1. The van der Waals surface area contributed by atoms with E-state index in [9.17, 15) is 17.6 Å². The number of nitrogens with zero attached hydrogens (tertiary/aromatic N) is 1. The van der Waals surface area contributed by atoms with Crippen LogP contribution in [0.15, 0.2) is 53.4 Å². The fourth-order valence-electron chi connectivity index (χ4n) is 2.31. The molecule has 1 N–H and O–H groups in total. The lowest BCUT2D eigenvalue weighted by Crippen LogP contribution is -2.43. The van der Waals surface area contributed by atoms with Crippen LogP contribution in [-0.4, -0.2) is 26.9 Å². The van der Waals surface area contributed by atoms with Crippen LogP contribution in [0.2, 0.25) is 0 Å². The van der Waals surface area contributed by atoms with E-state index in [0.717, 1.165) is 28.4 Å². The largest absolute Gasteiger partial charge is 0.352 e. The lowest BCUT2D eigenvalue weighted by atomic mass is 10.2. The maximum absolute atomic E-state index is 13.2.